The van der Waals surface area contributed by atoms with Gasteiger partial charge in [-0.05, 0) is 65.3 Å². The van der Waals surface area contributed by atoms with Gasteiger partial charge in [-0.3, -0.25) is 0 Å². The van der Waals surface area contributed by atoms with E-state index in [4.69, 9.17) is 17.0 Å². The van der Waals surface area contributed by atoms with Crippen LogP contribution in [-0.4, -0.2) is 43.3 Å². The first-order chi connectivity index (χ1) is 9.47. The van der Waals surface area contributed by atoms with Crippen LogP contribution >= 0.6 is 12.2 Å². The van der Waals surface area contributed by atoms with Gasteiger partial charge in [-0.25, -0.2) is 0 Å². The van der Waals surface area contributed by atoms with Crippen LogP contribution in [0, 0.1) is 0 Å². The van der Waals surface area contributed by atoms with Crippen molar-refractivity contribution in [1.82, 2.24) is 10.2 Å². The first-order valence-electron chi connectivity index (χ1n) is 6.93. The maximum atomic E-state index is 5.65. The van der Waals surface area contributed by atoms with Crippen LogP contribution in [0.25, 0.3) is 0 Å². The molecule has 0 unspecified atom stereocenters. The van der Waals surface area contributed by atoms with Crippen molar-refractivity contribution in [2.45, 2.75) is 26.4 Å². The van der Waals surface area contributed by atoms with Crippen molar-refractivity contribution >= 4 is 23.0 Å². The SMILES string of the molecule is CC(C)Oc1cccc(NC(=S)NCCCN(C)C)c1. The van der Waals surface area contributed by atoms with Gasteiger partial charge in [0.15, 0.2) is 5.11 Å². The summed E-state index contributed by atoms with van der Waals surface area (Å²) < 4.78 is 5.65. The number of rotatable bonds is 7. The predicted molar refractivity (Wildman–Crippen MR) is 89.6 cm³/mol. The average Bonchev–Trinajstić information content (AvgIpc) is 2.34. The molecule has 112 valence electrons. The van der Waals surface area contributed by atoms with Gasteiger partial charge in [-0.15, -0.1) is 0 Å². The van der Waals surface area contributed by atoms with Gasteiger partial charge in [-0.1, -0.05) is 6.07 Å². The third-order valence-corrected chi connectivity index (χ3v) is 2.78. The molecule has 0 amide bonds. The van der Waals surface area contributed by atoms with Crippen molar-refractivity contribution in [2.75, 3.05) is 32.5 Å². The number of hydrogen-bond donors (Lipinski definition) is 2. The van der Waals surface area contributed by atoms with Crippen LogP contribution in [0.15, 0.2) is 24.3 Å². The van der Waals surface area contributed by atoms with Crippen LogP contribution in [0.1, 0.15) is 20.3 Å². The van der Waals surface area contributed by atoms with Gasteiger partial charge in [0, 0.05) is 18.3 Å². The van der Waals surface area contributed by atoms with E-state index in [1.807, 2.05) is 38.1 Å². The van der Waals surface area contributed by atoms with E-state index in [-0.39, 0.29) is 6.10 Å². The maximum Gasteiger partial charge on any atom is 0.170 e. The van der Waals surface area contributed by atoms with E-state index in [2.05, 4.69) is 29.6 Å². The number of anilines is 1. The Balaban J connectivity index is 2.37. The second-order valence-electron chi connectivity index (χ2n) is 5.23. The van der Waals surface area contributed by atoms with E-state index in [1.165, 1.54) is 0 Å². The Morgan fingerprint density at radius 1 is 1.35 bits per heavy atom. The lowest BCUT2D eigenvalue weighted by Crippen LogP contribution is -2.30. The molecule has 0 aliphatic carbocycles. The van der Waals surface area contributed by atoms with E-state index in [1.54, 1.807) is 0 Å². The van der Waals surface area contributed by atoms with Gasteiger partial charge in [0.2, 0.25) is 0 Å². The van der Waals surface area contributed by atoms with Crippen LogP contribution in [0.4, 0.5) is 5.69 Å². The Kier molecular flexibility index (Phi) is 7.33. The van der Waals surface area contributed by atoms with Crippen molar-refractivity contribution in [1.29, 1.82) is 0 Å². The summed E-state index contributed by atoms with van der Waals surface area (Å²) in [5.74, 6) is 0.848. The number of hydrogen-bond acceptors (Lipinski definition) is 3. The average molecular weight is 295 g/mol. The number of thiocarbonyl (C=S) groups is 1. The minimum absolute atomic E-state index is 0.168. The zero-order valence-electron chi connectivity index (χ0n) is 12.8. The van der Waals surface area contributed by atoms with Crippen LogP contribution in [-0.2, 0) is 0 Å². The van der Waals surface area contributed by atoms with Gasteiger partial charge >= 0.3 is 0 Å². The Labute approximate surface area is 127 Å². The summed E-state index contributed by atoms with van der Waals surface area (Å²) in [6.07, 6.45) is 1.23. The summed E-state index contributed by atoms with van der Waals surface area (Å²) in [5.41, 5.74) is 0.938. The highest BCUT2D eigenvalue weighted by molar-refractivity contribution is 7.80. The van der Waals surface area contributed by atoms with Gasteiger partial charge in [-0.2, -0.15) is 0 Å². The van der Waals surface area contributed by atoms with Crippen molar-refractivity contribution in [2.24, 2.45) is 0 Å². The van der Waals surface area contributed by atoms with Crippen molar-refractivity contribution in [3.63, 3.8) is 0 Å². The standard InChI is InChI=1S/C15H25N3OS/c1-12(2)19-14-8-5-7-13(11-14)17-15(20)16-9-6-10-18(3)4/h5,7-8,11-12H,6,9-10H2,1-4H3,(H2,16,17,20). The van der Waals surface area contributed by atoms with Crippen molar-refractivity contribution in [3.8, 4) is 5.75 Å². The number of nitrogens with one attached hydrogen (secondary N) is 2. The second kappa shape index (κ2) is 8.76. The Hall–Kier alpha value is -1.33. The number of benzene rings is 1. The molecule has 2 N–H and O–H groups in total. The van der Waals surface area contributed by atoms with Gasteiger partial charge in [0.05, 0.1) is 6.10 Å². The van der Waals surface area contributed by atoms with E-state index in [0.717, 1.165) is 30.9 Å². The molecule has 0 aliphatic heterocycles. The first-order valence-corrected chi connectivity index (χ1v) is 7.34. The molecule has 0 saturated heterocycles. The van der Waals surface area contributed by atoms with E-state index < -0.39 is 0 Å². The number of ether oxygens (including phenoxy) is 1. The lowest BCUT2D eigenvalue weighted by molar-refractivity contribution is 0.242. The van der Waals surface area contributed by atoms with Gasteiger partial charge in [0.25, 0.3) is 0 Å². The molecule has 1 rings (SSSR count). The Morgan fingerprint density at radius 2 is 2.10 bits per heavy atom. The molecule has 0 aromatic heterocycles. The van der Waals surface area contributed by atoms with Gasteiger partial charge in [0.1, 0.15) is 5.75 Å². The minimum Gasteiger partial charge on any atom is -0.491 e. The lowest BCUT2D eigenvalue weighted by Gasteiger charge is -2.14. The van der Waals surface area contributed by atoms with E-state index >= 15 is 0 Å². The highest BCUT2D eigenvalue weighted by Gasteiger charge is 2.01. The molecule has 0 aliphatic rings. The fourth-order valence-corrected chi connectivity index (χ4v) is 1.91. The molecular weight excluding hydrogens is 270 g/mol. The highest BCUT2D eigenvalue weighted by atomic mass is 32.1. The summed E-state index contributed by atoms with van der Waals surface area (Å²) in [5, 5.41) is 7.01. The van der Waals surface area contributed by atoms with Crippen LogP contribution in [0.3, 0.4) is 0 Å². The largest absolute Gasteiger partial charge is 0.491 e. The summed E-state index contributed by atoms with van der Waals surface area (Å²) >= 11 is 5.27. The first kappa shape index (κ1) is 16.7. The fourth-order valence-electron chi connectivity index (χ4n) is 1.69. The molecular formula is C15H25N3OS. The monoisotopic (exact) mass is 295 g/mol. The smallest absolute Gasteiger partial charge is 0.170 e. The molecule has 0 atom stereocenters. The van der Waals surface area contributed by atoms with E-state index in [0.29, 0.717) is 5.11 Å². The molecule has 20 heavy (non-hydrogen) atoms. The Morgan fingerprint density at radius 3 is 2.75 bits per heavy atom. The molecule has 4 nitrogen and oxygen atoms in total. The number of nitrogens with zero attached hydrogens (tertiary/aromatic N) is 1. The lowest BCUT2D eigenvalue weighted by atomic mass is 10.3. The maximum absolute atomic E-state index is 5.65. The highest BCUT2D eigenvalue weighted by Crippen LogP contribution is 2.18. The molecule has 0 bridgehead atoms. The van der Waals surface area contributed by atoms with Crippen LogP contribution < -0.4 is 15.4 Å². The topological polar surface area (TPSA) is 36.5 Å². The Bertz CT molecular complexity index is 421. The summed E-state index contributed by atoms with van der Waals surface area (Å²) in [7, 11) is 4.13. The quantitative estimate of drug-likeness (QED) is 0.597. The van der Waals surface area contributed by atoms with Crippen molar-refractivity contribution < 1.29 is 4.74 Å². The zero-order chi connectivity index (χ0) is 15.0. The molecule has 0 heterocycles. The van der Waals surface area contributed by atoms with Gasteiger partial charge < -0.3 is 20.3 Å². The third-order valence-electron chi connectivity index (χ3n) is 2.53. The zero-order valence-corrected chi connectivity index (χ0v) is 13.6. The van der Waals surface area contributed by atoms with Crippen molar-refractivity contribution in [3.05, 3.63) is 24.3 Å². The van der Waals surface area contributed by atoms with Crippen LogP contribution in [0.5, 0.6) is 5.75 Å². The molecule has 0 saturated carbocycles. The summed E-state index contributed by atoms with van der Waals surface area (Å²) in [4.78, 5) is 2.16. The molecule has 1 aromatic carbocycles. The second-order valence-corrected chi connectivity index (χ2v) is 5.64. The minimum atomic E-state index is 0.168. The molecule has 0 fully saturated rings. The molecule has 0 radical (unpaired) electrons. The van der Waals surface area contributed by atoms with E-state index in [9.17, 15) is 0 Å². The molecule has 0 spiro atoms. The summed E-state index contributed by atoms with van der Waals surface area (Å²) in [6, 6.07) is 7.82. The third kappa shape index (κ3) is 7.31. The fraction of sp³-hybridized carbons (Fsp3) is 0.533. The molecule has 5 heteroatoms. The molecule has 1 aromatic rings. The van der Waals surface area contributed by atoms with Crippen LogP contribution in [0.2, 0.25) is 0 Å². The summed E-state index contributed by atoms with van der Waals surface area (Å²) in [6.45, 7) is 5.94. The normalized spacial score (nSPS) is 10.7. The predicted octanol–water partition coefficient (Wildman–Crippen LogP) is 2.71.